The highest BCUT2D eigenvalue weighted by atomic mass is 16.1. The molecule has 2 radical (unpaired) electrons. The Morgan fingerprint density at radius 3 is 2.69 bits per heavy atom. The van der Waals surface area contributed by atoms with Gasteiger partial charge in [0.05, 0.1) is 0 Å². The summed E-state index contributed by atoms with van der Waals surface area (Å²) in [5.41, 5.74) is 0. The topological polar surface area (TPSA) is 32.3 Å². The molecular formula is C9H17BN2O. The van der Waals surface area contributed by atoms with Crippen LogP contribution in [0.5, 0.6) is 0 Å². The Hall–Kier alpha value is -0.505. The molecule has 1 heterocycles. The lowest BCUT2D eigenvalue weighted by atomic mass is 9.99. The standard InChI is InChI=1S/C9H17BN2O/c1-3-7-5-12(4-2)6-8(7)11-9(10)13/h7-8H,3-6H2,1-2H3,(H,11,13)/t7-,8-/m0/s1. The maximum absolute atomic E-state index is 10.7. The maximum atomic E-state index is 10.7. The van der Waals surface area contributed by atoms with E-state index in [1.807, 2.05) is 0 Å². The number of likely N-dealkylation sites (N-methyl/N-ethyl adjacent to an activating group) is 1. The highest BCUT2D eigenvalue weighted by Gasteiger charge is 2.30. The van der Waals surface area contributed by atoms with Gasteiger partial charge in [0, 0.05) is 19.1 Å². The van der Waals surface area contributed by atoms with Crippen molar-refractivity contribution in [2.24, 2.45) is 5.92 Å². The molecule has 0 bridgehead atoms. The van der Waals surface area contributed by atoms with Crippen LogP contribution < -0.4 is 5.32 Å². The lowest BCUT2D eigenvalue weighted by Gasteiger charge is -2.17. The summed E-state index contributed by atoms with van der Waals surface area (Å²) in [7, 11) is 5.11. The van der Waals surface area contributed by atoms with Gasteiger partial charge in [0.1, 0.15) is 0 Å². The van der Waals surface area contributed by atoms with E-state index < -0.39 is 5.81 Å². The van der Waals surface area contributed by atoms with E-state index in [1.165, 1.54) is 0 Å². The van der Waals surface area contributed by atoms with Gasteiger partial charge in [-0.1, -0.05) is 20.3 Å². The van der Waals surface area contributed by atoms with E-state index in [4.69, 9.17) is 7.85 Å². The van der Waals surface area contributed by atoms with Crippen LogP contribution >= 0.6 is 0 Å². The quantitative estimate of drug-likeness (QED) is 0.645. The second kappa shape index (κ2) is 4.65. The van der Waals surface area contributed by atoms with Crippen LogP contribution in [0.25, 0.3) is 0 Å². The van der Waals surface area contributed by atoms with Gasteiger partial charge in [0.25, 0.3) is 0 Å². The van der Waals surface area contributed by atoms with Crippen LogP contribution in [0.1, 0.15) is 20.3 Å². The number of carbonyl (C=O) groups excluding carboxylic acids is 1. The number of carbonyl (C=O) groups is 1. The molecule has 1 saturated heterocycles. The van der Waals surface area contributed by atoms with E-state index in [-0.39, 0.29) is 6.04 Å². The first-order chi connectivity index (χ1) is 6.17. The summed E-state index contributed by atoms with van der Waals surface area (Å²) in [6.45, 7) is 7.36. The molecule has 0 spiro atoms. The number of nitrogens with zero attached hydrogens (tertiary/aromatic N) is 1. The predicted molar refractivity (Wildman–Crippen MR) is 54.0 cm³/mol. The number of hydrogen-bond donors (Lipinski definition) is 1. The van der Waals surface area contributed by atoms with Crippen molar-refractivity contribution in [3.8, 4) is 0 Å². The fraction of sp³-hybridized carbons (Fsp3) is 0.889. The Morgan fingerprint density at radius 2 is 2.23 bits per heavy atom. The van der Waals surface area contributed by atoms with Crippen LogP contribution in [-0.2, 0) is 0 Å². The van der Waals surface area contributed by atoms with E-state index in [2.05, 4.69) is 24.1 Å². The lowest BCUT2D eigenvalue weighted by molar-refractivity contribution is 0.253. The molecule has 0 aromatic carbocycles. The van der Waals surface area contributed by atoms with E-state index in [9.17, 15) is 4.79 Å². The smallest absolute Gasteiger partial charge is 0.200 e. The van der Waals surface area contributed by atoms with Crippen molar-refractivity contribution in [2.75, 3.05) is 19.6 Å². The fourth-order valence-electron chi connectivity index (χ4n) is 1.98. The van der Waals surface area contributed by atoms with Gasteiger partial charge in [-0.05, 0) is 12.5 Å². The van der Waals surface area contributed by atoms with Crippen molar-refractivity contribution in [2.45, 2.75) is 26.3 Å². The zero-order valence-corrected chi connectivity index (χ0v) is 8.42. The minimum absolute atomic E-state index is 0.252. The van der Waals surface area contributed by atoms with Gasteiger partial charge in [0.15, 0.2) is 5.81 Å². The molecule has 1 N–H and O–H groups in total. The highest BCUT2D eigenvalue weighted by Crippen LogP contribution is 2.19. The molecular weight excluding hydrogens is 163 g/mol. The minimum atomic E-state index is -0.401. The second-order valence-electron chi connectivity index (χ2n) is 3.64. The van der Waals surface area contributed by atoms with E-state index in [0.29, 0.717) is 5.92 Å². The Bertz CT molecular complexity index is 186. The van der Waals surface area contributed by atoms with Crippen molar-refractivity contribution in [1.82, 2.24) is 10.2 Å². The van der Waals surface area contributed by atoms with Gasteiger partial charge in [0.2, 0.25) is 7.85 Å². The Kier molecular flexibility index (Phi) is 3.79. The number of rotatable bonds is 3. The number of hydrogen-bond acceptors (Lipinski definition) is 2. The normalized spacial score (nSPS) is 29.1. The van der Waals surface area contributed by atoms with Crippen molar-refractivity contribution in [3.63, 3.8) is 0 Å². The molecule has 0 aromatic heterocycles. The van der Waals surface area contributed by atoms with E-state index >= 15 is 0 Å². The summed E-state index contributed by atoms with van der Waals surface area (Å²) in [4.78, 5) is 13.0. The summed E-state index contributed by atoms with van der Waals surface area (Å²) in [5, 5.41) is 2.80. The minimum Gasteiger partial charge on any atom is -0.362 e. The Morgan fingerprint density at radius 1 is 1.54 bits per heavy atom. The van der Waals surface area contributed by atoms with Gasteiger partial charge in [-0.3, -0.25) is 4.79 Å². The van der Waals surface area contributed by atoms with Crippen LogP contribution in [0.4, 0.5) is 4.79 Å². The molecule has 0 unspecified atom stereocenters. The molecule has 4 heteroatoms. The van der Waals surface area contributed by atoms with Gasteiger partial charge in [-0.15, -0.1) is 0 Å². The van der Waals surface area contributed by atoms with Crippen molar-refractivity contribution >= 4 is 13.7 Å². The zero-order valence-electron chi connectivity index (χ0n) is 8.42. The second-order valence-corrected chi connectivity index (χ2v) is 3.64. The van der Waals surface area contributed by atoms with Crippen molar-refractivity contribution in [1.29, 1.82) is 0 Å². The first-order valence-corrected chi connectivity index (χ1v) is 4.95. The molecule has 2 atom stereocenters. The molecule has 0 aromatic rings. The van der Waals surface area contributed by atoms with E-state index in [0.717, 1.165) is 26.1 Å². The summed E-state index contributed by atoms with van der Waals surface area (Å²) in [5.74, 6) is 0.161. The summed E-state index contributed by atoms with van der Waals surface area (Å²) < 4.78 is 0. The van der Waals surface area contributed by atoms with Gasteiger partial charge >= 0.3 is 0 Å². The van der Waals surface area contributed by atoms with Gasteiger partial charge < -0.3 is 10.2 Å². The molecule has 13 heavy (non-hydrogen) atoms. The van der Waals surface area contributed by atoms with Crippen LogP contribution in [0.15, 0.2) is 0 Å². The molecule has 1 aliphatic heterocycles. The summed E-state index contributed by atoms with van der Waals surface area (Å²) >= 11 is 0. The number of likely N-dealkylation sites (tertiary alicyclic amines) is 1. The molecule has 0 saturated carbocycles. The lowest BCUT2D eigenvalue weighted by Crippen LogP contribution is -2.39. The van der Waals surface area contributed by atoms with Gasteiger partial charge in [-0.25, -0.2) is 0 Å². The average molecular weight is 180 g/mol. The van der Waals surface area contributed by atoms with Crippen LogP contribution in [0.2, 0.25) is 0 Å². The Balaban J connectivity index is 2.47. The number of amides is 1. The van der Waals surface area contributed by atoms with Crippen molar-refractivity contribution < 1.29 is 4.79 Å². The van der Waals surface area contributed by atoms with E-state index in [1.54, 1.807) is 0 Å². The predicted octanol–water partition coefficient (Wildman–Crippen LogP) is 0.595. The van der Waals surface area contributed by atoms with Crippen LogP contribution in [0, 0.1) is 5.92 Å². The molecule has 0 aliphatic carbocycles. The zero-order chi connectivity index (χ0) is 9.84. The SMILES string of the molecule is [B]C(=O)N[C@H]1CN(CC)C[C@@H]1CC. The molecule has 1 aliphatic rings. The molecule has 1 rings (SSSR count). The largest absolute Gasteiger partial charge is 0.362 e. The first-order valence-electron chi connectivity index (χ1n) is 4.95. The number of nitrogens with one attached hydrogen (secondary N) is 1. The molecule has 72 valence electrons. The monoisotopic (exact) mass is 180 g/mol. The molecule has 3 nitrogen and oxygen atoms in total. The average Bonchev–Trinajstić information content (AvgIpc) is 2.46. The van der Waals surface area contributed by atoms with Crippen LogP contribution in [0.3, 0.4) is 0 Å². The maximum Gasteiger partial charge on any atom is 0.200 e. The fourth-order valence-corrected chi connectivity index (χ4v) is 1.98. The molecule has 1 amide bonds. The summed E-state index contributed by atoms with van der Waals surface area (Å²) in [6.07, 6.45) is 1.10. The highest BCUT2D eigenvalue weighted by molar-refractivity contribution is 6.57. The summed E-state index contributed by atoms with van der Waals surface area (Å²) in [6, 6.07) is 0.252. The van der Waals surface area contributed by atoms with Crippen molar-refractivity contribution in [3.05, 3.63) is 0 Å². The van der Waals surface area contributed by atoms with Crippen LogP contribution in [-0.4, -0.2) is 44.2 Å². The van der Waals surface area contributed by atoms with Gasteiger partial charge in [-0.2, -0.15) is 0 Å². The Labute approximate surface area is 81.3 Å². The third-order valence-corrected chi connectivity index (χ3v) is 2.82. The third-order valence-electron chi connectivity index (χ3n) is 2.82. The third kappa shape index (κ3) is 2.73. The first kappa shape index (κ1) is 10.6. The molecule has 1 fully saturated rings.